The first kappa shape index (κ1) is 39.8. The Bertz CT molecular complexity index is 3060. The van der Waals surface area contributed by atoms with E-state index in [1.807, 2.05) is 0 Å². The number of anilines is 9. The Morgan fingerprint density at radius 2 is 0.781 bits per heavy atom. The molecule has 0 aliphatic carbocycles. The Morgan fingerprint density at radius 3 is 1.19 bits per heavy atom. The van der Waals surface area contributed by atoms with Crippen molar-refractivity contribution in [3.63, 3.8) is 0 Å². The molecule has 3 nitrogen and oxygen atoms in total. The molecule has 9 aromatic carbocycles. The van der Waals surface area contributed by atoms with Gasteiger partial charge in [0.2, 0.25) is 0 Å². The Morgan fingerprint density at radius 1 is 0.375 bits per heavy atom. The fraction of sp³-hybridized carbons (Fsp3) is 0.167. The van der Waals surface area contributed by atoms with Gasteiger partial charge < -0.3 is 14.7 Å². The van der Waals surface area contributed by atoms with Crippen molar-refractivity contribution in [3.8, 4) is 0 Å². The zero-order chi connectivity index (χ0) is 44.1. The average molecular weight is 828 g/mol. The maximum absolute atomic E-state index is 2.54. The summed E-state index contributed by atoms with van der Waals surface area (Å²) in [6.45, 7) is 18.2. The van der Waals surface area contributed by atoms with Gasteiger partial charge >= 0.3 is 0 Å². The van der Waals surface area contributed by atoms with Gasteiger partial charge in [-0.3, -0.25) is 0 Å². The highest BCUT2D eigenvalue weighted by Gasteiger charge is 2.44. The molecule has 2 heterocycles. The number of rotatable bonds is 5. The van der Waals surface area contributed by atoms with E-state index in [2.05, 4.69) is 252 Å². The van der Waals surface area contributed by atoms with E-state index in [9.17, 15) is 0 Å². The number of benzene rings is 9. The predicted molar refractivity (Wildman–Crippen MR) is 277 cm³/mol. The van der Waals surface area contributed by atoms with Gasteiger partial charge in [0.25, 0.3) is 6.71 Å². The molecule has 9 aromatic rings. The molecular formula is C60H54BN3. The second-order valence-electron chi connectivity index (χ2n) is 20.1. The van der Waals surface area contributed by atoms with E-state index in [4.69, 9.17) is 0 Å². The van der Waals surface area contributed by atoms with Crippen LogP contribution in [0.1, 0.15) is 63.8 Å². The van der Waals surface area contributed by atoms with Crippen LogP contribution in [-0.2, 0) is 10.8 Å². The molecule has 0 unspecified atom stereocenters. The molecule has 4 heteroatoms. The predicted octanol–water partition coefficient (Wildman–Crippen LogP) is 14.8. The van der Waals surface area contributed by atoms with E-state index in [-0.39, 0.29) is 17.5 Å². The smallest absolute Gasteiger partial charge is 0.252 e. The summed E-state index contributed by atoms with van der Waals surface area (Å²) >= 11 is 0. The number of fused-ring (bicyclic) bond motifs is 6. The van der Waals surface area contributed by atoms with Gasteiger partial charge in [-0.25, -0.2) is 0 Å². The van der Waals surface area contributed by atoms with Crippen molar-refractivity contribution < 1.29 is 0 Å². The molecule has 0 saturated heterocycles. The standard InChI is InChI=1S/C60H54BN3/c1-39-17-31-54-52(33-39)61-53-34-40(2)18-32-55(53)64(48-29-23-46(24-30-48)60(6,7)8)57-38-51(37-56(58(57)61)63(54)47-27-21-45(22-28-47)59(3,4)5)62(49-25-19-41-13-9-11-15-43(41)35-49)50-26-20-42-14-10-12-16-44(42)36-50/h9-38H,1-8H3. The summed E-state index contributed by atoms with van der Waals surface area (Å²) < 4.78 is 0. The molecule has 0 N–H and O–H groups in total. The fourth-order valence-corrected chi connectivity index (χ4v) is 10.2. The minimum atomic E-state index is 0.0221. The SMILES string of the molecule is Cc1ccc2c(c1)B1c3cc(C)ccc3N(c3ccc(C(C)(C)C)cc3)c3cc(N(c4ccc5ccccc5c4)c4ccc5ccccc5c4)cc(c31)N2c1ccc(C(C)(C)C)cc1. The number of hydrogen-bond donors (Lipinski definition) is 0. The fourth-order valence-electron chi connectivity index (χ4n) is 10.2. The van der Waals surface area contributed by atoms with Crippen LogP contribution in [0.3, 0.4) is 0 Å². The van der Waals surface area contributed by atoms with Gasteiger partial charge in [0.1, 0.15) is 0 Å². The molecule has 0 atom stereocenters. The Kier molecular flexibility index (Phi) is 9.19. The Balaban J connectivity index is 1.25. The molecule has 0 amide bonds. The number of aryl methyl sites for hydroxylation is 2. The summed E-state index contributed by atoms with van der Waals surface area (Å²) in [5.74, 6) is 0. The van der Waals surface area contributed by atoms with E-state index in [1.165, 1.54) is 82.9 Å². The zero-order valence-electron chi connectivity index (χ0n) is 38.2. The van der Waals surface area contributed by atoms with Crippen molar-refractivity contribution in [2.45, 2.75) is 66.2 Å². The highest BCUT2D eigenvalue weighted by molar-refractivity contribution is 7.00. The van der Waals surface area contributed by atoms with Gasteiger partial charge in [-0.1, -0.05) is 162 Å². The lowest BCUT2D eigenvalue weighted by Crippen LogP contribution is -2.61. The summed E-state index contributed by atoms with van der Waals surface area (Å²) in [5.41, 5.74) is 19.6. The topological polar surface area (TPSA) is 9.72 Å². The minimum absolute atomic E-state index is 0.0221. The van der Waals surface area contributed by atoms with Crippen molar-refractivity contribution >= 4 is 95.8 Å². The molecule has 312 valence electrons. The van der Waals surface area contributed by atoms with Gasteiger partial charge in [0, 0.05) is 45.5 Å². The molecule has 0 bridgehead atoms. The number of nitrogens with zero attached hydrogens (tertiary/aromatic N) is 3. The third-order valence-electron chi connectivity index (χ3n) is 13.6. The number of hydrogen-bond acceptors (Lipinski definition) is 3. The summed E-state index contributed by atoms with van der Waals surface area (Å²) in [6, 6.07) is 68.9. The first-order valence-electron chi connectivity index (χ1n) is 22.8. The second kappa shape index (κ2) is 14.8. The van der Waals surface area contributed by atoms with Crippen LogP contribution < -0.4 is 31.1 Å². The largest absolute Gasteiger partial charge is 0.311 e. The van der Waals surface area contributed by atoms with Gasteiger partial charge in [0.05, 0.1) is 5.69 Å². The lowest BCUT2D eigenvalue weighted by atomic mass is 9.33. The van der Waals surface area contributed by atoms with Crippen LogP contribution in [0.25, 0.3) is 21.5 Å². The van der Waals surface area contributed by atoms with E-state index in [0.717, 1.165) is 28.4 Å². The second-order valence-corrected chi connectivity index (χ2v) is 20.1. The molecule has 0 radical (unpaired) electrons. The van der Waals surface area contributed by atoms with E-state index in [1.54, 1.807) is 0 Å². The maximum atomic E-state index is 2.54. The normalized spacial score (nSPS) is 13.2. The molecular weight excluding hydrogens is 773 g/mol. The monoisotopic (exact) mass is 827 g/mol. The van der Waals surface area contributed by atoms with Crippen molar-refractivity contribution in [2.24, 2.45) is 0 Å². The summed E-state index contributed by atoms with van der Waals surface area (Å²) in [6.07, 6.45) is 0. The average Bonchev–Trinajstić information content (AvgIpc) is 3.28. The van der Waals surface area contributed by atoms with E-state index >= 15 is 0 Å². The van der Waals surface area contributed by atoms with Gasteiger partial charge in [-0.05, 0) is 147 Å². The van der Waals surface area contributed by atoms with Crippen LogP contribution in [0.15, 0.2) is 182 Å². The highest BCUT2D eigenvalue weighted by Crippen LogP contribution is 2.49. The molecule has 0 fully saturated rings. The lowest BCUT2D eigenvalue weighted by molar-refractivity contribution is 0.590. The van der Waals surface area contributed by atoms with E-state index < -0.39 is 0 Å². The quantitative estimate of drug-likeness (QED) is 0.160. The maximum Gasteiger partial charge on any atom is 0.252 e. The van der Waals surface area contributed by atoms with Crippen molar-refractivity contribution in [1.29, 1.82) is 0 Å². The molecule has 0 aromatic heterocycles. The van der Waals surface area contributed by atoms with Crippen molar-refractivity contribution in [3.05, 3.63) is 204 Å². The summed E-state index contributed by atoms with van der Waals surface area (Å²) in [5, 5.41) is 4.86. The third-order valence-corrected chi connectivity index (χ3v) is 13.6. The molecule has 64 heavy (non-hydrogen) atoms. The van der Waals surface area contributed by atoms with Crippen molar-refractivity contribution in [1.82, 2.24) is 0 Å². The van der Waals surface area contributed by atoms with Crippen LogP contribution in [0.4, 0.5) is 51.2 Å². The van der Waals surface area contributed by atoms with Crippen molar-refractivity contribution in [2.75, 3.05) is 14.7 Å². The van der Waals surface area contributed by atoms with Gasteiger partial charge in [-0.2, -0.15) is 0 Å². The molecule has 11 rings (SSSR count). The molecule has 2 aliphatic heterocycles. The van der Waals surface area contributed by atoms with Gasteiger partial charge in [0.15, 0.2) is 0 Å². The lowest BCUT2D eigenvalue weighted by Gasteiger charge is -2.45. The first-order chi connectivity index (χ1) is 30.8. The Labute approximate surface area is 379 Å². The minimum Gasteiger partial charge on any atom is -0.311 e. The highest BCUT2D eigenvalue weighted by atomic mass is 15.2. The first-order valence-corrected chi connectivity index (χ1v) is 22.8. The van der Waals surface area contributed by atoms with Crippen LogP contribution in [0, 0.1) is 13.8 Å². The summed E-state index contributed by atoms with van der Waals surface area (Å²) in [7, 11) is 0. The van der Waals surface area contributed by atoms with E-state index in [0.29, 0.717) is 0 Å². The van der Waals surface area contributed by atoms with Crippen LogP contribution in [0.2, 0.25) is 0 Å². The molecule has 2 aliphatic rings. The zero-order valence-corrected chi connectivity index (χ0v) is 38.2. The van der Waals surface area contributed by atoms with Crippen LogP contribution >= 0.6 is 0 Å². The molecule has 0 spiro atoms. The van der Waals surface area contributed by atoms with Crippen LogP contribution in [0.5, 0.6) is 0 Å². The Hall–Kier alpha value is -7.04. The molecule has 0 saturated carbocycles. The summed E-state index contributed by atoms with van der Waals surface area (Å²) in [4.78, 5) is 7.56. The third kappa shape index (κ3) is 6.67. The van der Waals surface area contributed by atoms with Gasteiger partial charge in [-0.15, -0.1) is 0 Å². The van der Waals surface area contributed by atoms with Crippen LogP contribution in [-0.4, -0.2) is 6.71 Å².